The van der Waals surface area contributed by atoms with Crippen molar-refractivity contribution in [1.29, 1.82) is 0 Å². The number of hydrogen-bond acceptors (Lipinski definition) is 1. The fraction of sp³-hybridized carbons (Fsp3) is 0.500. The fourth-order valence-electron chi connectivity index (χ4n) is 1.08. The van der Waals surface area contributed by atoms with Crippen molar-refractivity contribution < 1.29 is 5.11 Å². The second kappa shape index (κ2) is 4.29. The molecule has 0 saturated carbocycles. The van der Waals surface area contributed by atoms with Crippen LogP contribution in [0.25, 0.3) is 0 Å². The Balaban J connectivity index is 0.000001000. The molecule has 1 unspecified atom stereocenters. The summed E-state index contributed by atoms with van der Waals surface area (Å²) < 4.78 is 0. The molecule has 0 bridgehead atoms. The number of halogens is 1. The van der Waals surface area contributed by atoms with Crippen LogP contribution in [0.5, 0.6) is 0 Å². The molecule has 2 radical (unpaired) electrons. The summed E-state index contributed by atoms with van der Waals surface area (Å²) in [5.74, 6) is 0. The molecule has 1 rings (SSSR count). The number of hydrogen-bond donors (Lipinski definition) is 1. The summed E-state index contributed by atoms with van der Waals surface area (Å²) in [5.41, 5.74) is 0.358. The van der Waals surface area contributed by atoms with Gasteiger partial charge in [-0.1, -0.05) is 23.3 Å². The first-order valence-corrected chi connectivity index (χ1v) is 3.66. The van der Waals surface area contributed by atoms with Crippen LogP contribution in [0.4, 0.5) is 0 Å². The van der Waals surface area contributed by atoms with Gasteiger partial charge in [0.15, 0.2) is 0 Å². The monoisotopic (exact) mass is 198 g/mol. The van der Waals surface area contributed by atoms with E-state index in [1.165, 1.54) is 0 Å². The second-order valence-electron chi connectivity index (χ2n) is 3.00. The van der Waals surface area contributed by atoms with E-state index in [0.29, 0.717) is 6.42 Å². The molecule has 0 aromatic rings. The Kier molecular flexibility index (Phi) is 4.68. The van der Waals surface area contributed by atoms with Gasteiger partial charge in [0.25, 0.3) is 0 Å². The first-order valence-electron chi connectivity index (χ1n) is 3.28. The smallest absolute Gasteiger partial charge is 0.0840 e. The maximum atomic E-state index is 9.48. The summed E-state index contributed by atoms with van der Waals surface area (Å²) in [6, 6.07) is 0. The minimum atomic E-state index is -0.692. The first kappa shape index (κ1) is 12.0. The van der Waals surface area contributed by atoms with E-state index in [9.17, 15) is 5.11 Å². The molecule has 3 heteroatoms. The van der Waals surface area contributed by atoms with Crippen LogP contribution in [0, 0.1) is 0 Å². The van der Waals surface area contributed by atoms with Crippen molar-refractivity contribution in [2.24, 2.45) is 0 Å². The molecular formula is C8H11CaClO. The molecule has 1 nitrogen and oxygen atoms in total. The Hall–Kier alpha value is 0.990. The number of allylic oxidation sites excluding steroid dienone is 2. The van der Waals surface area contributed by atoms with E-state index in [1.54, 1.807) is 19.1 Å². The first-order chi connectivity index (χ1) is 4.51. The number of aliphatic hydroxyl groups is 1. The third kappa shape index (κ3) is 3.47. The molecule has 0 amide bonds. The maximum absolute atomic E-state index is 9.48. The largest absolute Gasteiger partial charge is 0.386 e. The van der Waals surface area contributed by atoms with Crippen molar-refractivity contribution in [3.8, 4) is 0 Å². The van der Waals surface area contributed by atoms with Gasteiger partial charge in [-0.25, -0.2) is 0 Å². The molecule has 1 atom stereocenters. The van der Waals surface area contributed by atoms with Gasteiger partial charge in [-0.3, -0.25) is 0 Å². The van der Waals surface area contributed by atoms with Crippen molar-refractivity contribution >= 4 is 49.3 Å². The molecule has 11 heavy (non-hydrogen) atoms. The van der Waals surface area contributed by atoms with E-state index in [2.05, 4.69) is 0 Å². The van der Waals surface area contributed by atoms with Gasteiger partial charge in [0.1, 0.15) is 0 Å². The summed E-state index contributed by atoms with van der Waals surface area (Å²) in [7, 11) is 0. The molecule has 1 aliphatic carbocycles. The van der Waals surface area contributed by atoms with Crippen LogP contribution in [-0.2, 0) is 0 Å². The predicted octanol–water partition coefficient (Wildman–Crippen LogP) is 1.83. The van der Waals surface area contributed by atoms with Crippen LogP contribution >= 0.6 is 11.6 Å². The summed E-state index contributed by atoms with van der Waals surface area (Å²) in [6.07, 6.45) is 4.12. The zero-order valence-electron chi connectivity index (χ0n) is 6.89. The molecule has 0 aromatic carbocycles. The minimum Gasteiger partial charge on any atom is -0.386 e. The van der Waals surface area contributed by atoms with Crippen molar-refractivity contribution in [3.05, 3.63) is 22.8 Å². The van der Waals surface area contributed by atoms with Gasteiger partial charge in [0.2, 0.25) is 0 Å². The third-order valence-corrected chi connectivity index (χ3v) is 2.07. The molecule has 0 heterocycles. The second-order valence-corrected chi connectivity index (χ2v) is 3.40. The van der Waals surface area contributed by atoms with E-state index in [0.717, 1.165) is 10.6 Å². The molecule has 1 aliphatic rings. The standard InChI is InChI=1S/C8H11ClO.Ca/c1-6-5-8(2,10)4-3-7(6)9;/h3-4,10H,5H2,1-2H3;. The molecular weight excluding hydrogens is 188 g/mol. The van der Waals surface area contributed by atoms with Crippen molar-refractivity contribution in [1.82, 2.24) is 0 Å². The summed E-state index contributed by atoms with van der Waals surface area (Å²) in [4.78, 5) is 0. The summed E-state index contributed by atoms with van der Waals surface area (Å²) in [6.45, 7) is 3.70. The normalized spacial score (nSPS) is 30.2. The topological polar surface area (TPSA) is 20.2 Å². The minimum absolute atomic E-state index is 0. The van der Waals surface area contributed by atoms with E-state index in [-0.39, 0.29) is 37.7 Å². The average Bonchev–Trinajstić information content (AvgIpc) is 1.79. The fourth-order valence-corrected chi connectivity index (χ4v) is 1.20. The van der Waals surface area contributed by atoms with Gasteiger partial charge < -0.3 is 5.11 Å². The van der Waals surface area contributed by atoms with Crippen LogP contribution in [0.1, 0.15) is 20.3 Å². The Labute approximate surface area is 102 Å². The predicted molar refractivity (Wildman–Crippen MR) is 48.7 cm³/mol. The Morgan fingerprint density at radius 3 is 2.55 bits per heavy atom. The quantitative estimate of drug-likeness (QED) is 0.589. The van der Waals surface area contributed by atoms with Gasteiger partial charge in [-0.15, -0.1) is 0 Å². The summed E-state index contributed by atoms with van der Waals surface area (Å²) >= 11 is 5.78. The molecule has 58 valence electrons. The van der Waals surface area contributed by atoms with Gasteiger partial charge in [0, 0.05) is 49.2 Å². The van der Waals surface area contributed by atoms with Crippen molar-refractivity contribution in [2.45, 2.75) is 25.9 Å². The average molecular weight is 199 g/mol. The Bertz CT molecular complexity index is 206. The van der Waals surface area contributed by atoms with Crippen LogP contribution in [-0.4, -0.2) is 48.4 Å². The van der Waals surface area contributed by atoms with Gasteiger partial charge in [0.05, 0.1) is 5.60 Å². The molecule has 0 spiro atoms. The SMILES string of the molecule is CC1=C(Cl)C=CC(C)(O)C1.[Ca]. The van der Waals surface area contributed by atoms with Crippen LogP contribution in [0.15, 0.2) is 22.8 Å². The van der Waals surface area contributed by atoms with Crippen LogP contribution in [0.2, 0.25) is 0 Å². The molecule has 1 N–H and O–H groups in total. The molecule has 0 aromatic heterocycles. The van der Waals surface area contributed by atoms with E-state index >= 15 is 0 Å². The van der Waals surface area contributed by atoms with Crippen molar-refractivity contribution in [2.75, 3.05) is 0 Å². The molecule has 0 aliphatic heterocycles. The Morgan fingerprint density at radius 1 is 1.64 bits per heavy atom. The third-order valence-electron chi connectivity index (χ3n) is 1.62. The van der Waals surface area contributed by atoms with Crippen LogP contribution < -0.4 is 0 Å². The van der Waals surface area contributed by atoms with E-state index in [4.69, 9.17) is 11.6 Å². The van der Waals surface area contributed by atoms with Gasteiger partial charge in [-0.2, -0.15) is 0 Å². The van der Waals surface area contributed by atoms with E-state index in [1.807, 2.05) is 6.92 Å². The van der Waals surface area contributed by atoms with Gasteiger partial charge >= 0.3 is 0 Å². The zero-order valence-corrected chi connectivity index (χ0v) is 9.86. The van der Waals surface area contributed by atoms with E-state index < -0.39 is 5.60 Å². The zero-order chi connectivity index (χ0) is 7.78. The summed E-state index contributed by atoms with van der Waals surface area (Å²) in [5, 5.41) is 10.2. The maximum Gasteiger partial charge on any atom is 0.0840 e. The Morgan fingerprint density at radius 2 is 2.18 bits per heavy atom. The molecule has 0 fully saturated rings. The van der Waals surface area contributed by atoms with Crippen molar-refractivity contribution in [3.63, 3.8) is 0 Å². The number of rotatable bonds is 0. The van der Waals surface area contributed by atoms with Gasteiger partial charge in [-0.05, 0) is 19.9 Å². The van der Waals surface area contributed by atoms with Crippen LogP contribution in [0.3, 0.4) is 0 Å². The molecule has 0 saturated heterocycles.